The molecule has 1 unspecified atom stereocenters. The number of aromatic nitrogens is 1. The lowest BCUT2D eigenvalue weighted by atomic mass is 10.1. The maximum absolute atomic E-state index is 5.47. The molecule has 0 spiro atoms. The quantitative estimate of drug-likeness (QED) is 0.927. The number of hydrogen-bond acceptors (Lipinski definition) is 4. The van der Waals surface area contributed by atoms with Gasteiger partial charge in [0.2, 0.25) is 0 Å². The van der Waals surface area contributed by atoms with E-state index < -0.39 is 0 Å². The van der Waals surface area contributed by atoms with Gasteiger partial charge in [-0.25, -0.2) is 0 Å². The molecule has 1 aliphatic rings. The molecule has 0 aliphatic carbocycles. The van der Waals surface area contributed by atoms with Gasteiger partial charge in [0, 0.05) is 30.8 Å². The van der Waals surface area contributed by atoms with Crippen molar-refractivity contribution < 1.29 is 4.52 Å². The van der Waals surface area contributed by atoms with E-state index in [0.29, 0.717) is 6.04 Å². The molecule has 1 atom stereocenters. The molecule has 4 nitrogen and oxygen atoms in total. The topological polar surface area (TPSA) is 41.3 Å². The molecule has 20 heavy (non-hydrogen) atoms. The van der Waals surface area contributed by atoms with Gasteiger partial charge in [0.15, 0.2) is 5.76 Å². The van der Waals surface area contributed by atoms with Crippen LogP contribution < -0.4 is 5.32 Å². The minimum Gasteiger partial charge on any atom is -0.359 e. The van der Waals surface area contributed by atoms with Crippen molar-refractivity contribution in [1.29, 1.82) is 0 Å². The van der Waals surface area contributed by atoms with Gasteiger partial charge in [-0.3, -0.25) is 4.90 Å². The smallest absolute Gasteiger partial charge is 0.151 e. The summed E-state index contributed by atoms with van der Waals surface area (Å²) in [5, 5.41) is 7.51. The van der Waals surface area contributed by atoms with Crippen molar-refractivity contribution >= 4 is 0 Å². The Labute approximate surface area is 119 Å². The third kappa shape index (κ3) is 2.92. The number of aryl methyl sites for hydroxylation is 1. The van der Waals surface area contributed by atoms with E-state index in [9.17, 15) is 0 Å². The lowest BCUT2D eigenvalue weighted by Gasteiger charge is -2.13. The third-order valence-electron chi connectivity index (χ3n) is 3.97. The molecule has 0 bridgehead atoms. The Morgan fingerprint density at radius 1 is 1.35 bits per heavy atom. The SMILES string of the molecule is CNC1CCN(Cc2cc(-c3ccc(C)cc3)no2)C1. The standard InChI is InChI=1S/C16H21N3O/c1-12-3-5-13(6-4-12)16-9-15(20-18-16)11-19-8-7-14(10-19)17-2/h3-6,9,14,17H,7-8,10-11H2,1-2H3. The molecular weight excluding hydrogens is 250 g/mol. The highest BCUT2D eigenvalue weighted by molar-refractivity contribution is 5.59. The maximum Gasteiger partial charge on any atom is 0.151 e. The second-order valence-corrected chi connectivity index (χ2v) is 5.55. The molecular formula is C16H21N3O. The fourth-order valence-electron chi connectivity index (χ4n) is 2.68. The summed E-state index contributed by atoms with van der Waals surface area (Å²) in [7, 11) is 2.03. The average Bonchev–Trinajstić information content (AvgIpc) is 3.09. The number of likely N-dealkylation sites (N-methyl/N-ethyl adjacent to an activating group) is 1. The molecule has 0 amide bonds. The average molecular weight is 271 g/mol. The Morgan fingerprint density at radius 2 is 2.15 bits per heavy atom. The van der Waals surface area contributed by atoms with Crippen LogP contribution in [0.2, 0.25) is 0 Å². The third-order valence-corrected chi connectivity index (χ3v) is 3.97. The van der Waals surface area contributed by atoms with Crippen molar-refractivity contribution in [3.8, 4) is 11.3 Å². The molecule has 1 N–H and O–H groups in total. The van der Waals surface area contributed by atoms with E-state index in [1.54, 1.807) is 0 Å². The van der Waals surface area contributed by atoms with Crippen LogP contribution in [0.1, 0.15) is 17.7 Å². The van der Waals surface area contributed by atoms with E-state index in [0.717, 1.165) is 36.7 Å². The first-order chi connectivity index (χ1) is 9.74. The Balaban J connectivity index is 1.66. The normalized spacial score (nSPS) is 19.6. The largest absolute Gasteiger partial charge is 0.359 e. The summed E-state index contributed by atoms with van der Waals surface area (Å²) < 4.78 is 5.47. The van der Waals surface area contributed by atoms with E-state index in [1.165, 1.54) is 12.0 Å². The molecule has 4 heteroatoms. The van der Waals surface area contributed by atoms with Gasteiger partial charge in [-0.05, 0) is 20.4 Å². The van der Waals surface area contributed by atoms with Gasteiger partial charge in [-0.15, -0.1) is 0 Å². The highest BCUT2D eigenvalue weighted by Gasteiger charge is 2.22. The minimum absolute atomic E-state index is 0.606. The van der Waals surface area contributed by atoms with Gasteiger partial charge < -0.3 is 9.84 Å². The zero-order chi connectivity index (χ0) is 13.9. The molecule has 1 fully saturated rings. The fraction of sp³-hybridized carbons (Fsp3) is 0.438. The predicted octanol–water partition coefficient (Wildman–Crippen LogP) is 2.44. The number of nitrogens with zero attached hydrogens (tertiary/aromatic N) is 2. The first kappa shape index (κ1) is 13.3. The van der Waals surface area contributed by atoms with Crippen LogP contribution in [0, 0.1) is 6.92 Å². The highest BCUT2D eigenvalue weighted by Crippen LogP contribution is 2.21. The summed E-state index contributed by atoms with van der Waals surface area (Å²) in [6.45, 7) is 5.13. The Morgan fingerprint density at radius 3 is 2.85 bits per heavy atom. The van der Waals surface area contributed by atoms with Crippen molar-refractivity contribution in [3.05, 3.63) is 41.7 Å². The molecule has 1 aliphatic heterocycles. The molecule has 2 heterocycles. The molecule has 3 rings (SSSR count). The van der Waals surface area contributed by atoms with Crippen molar-refractivity contribution in [1.82, 2.24) is 15.4 Å². The molecule has 1 aromatic heterocycles. The lowest BCUT2D eigenvalue weighted by Crippen LogP contribution is -2.29. The monoisotopic (exact) mass is 271 g/mol. The molecule has 2 aromatic rings. The van der Waals surface area contributed by atoms with Crippen LogP contribution >= 0.6 is 0 Å². The lowest BCUT2D eigenvalue weighted by molar-refractivity contribution is 0.269. The van der Waals surface area contributed by atoms with Crippen molar-refractivity contribution in [2.24, 2.45) is 0 Å². The predicted molar refractivity (Wildman–Crippen MR) is 79.4 cm³/mol. The van der Waals surface area contributed by atoms with Crippen LogP contribution in [-0.4, -0.2) is 36.2 Å². The Bertz CT molecular complexity index is 561. The van der Waals surface area contributed by atoms with Crippen molar-refractivity contribution in [2.45, 2.75) is 25.9 Å². The van der Waals surface area contributed by atoms with Crippen LogP contribution in [0.4, 0.5) is 0 Å². The summed E-state index contributed by atoms with van der Waals surface area (Å²) in [6, 6.07) is 11.0. The van der Waals surface area contributed by atoms with Gasteiger partial charge >= 0.3 is 0 Å². The number of rotatable bonds is 4. The zero-order valence-electron chi connectivity index (χ0n) is 12.1. The van der Waals surface area contributed by atoms with Crippen molar-refractivity contribution in [3.63, 3.8) is 0 Å². The van der Waals surface area contributed by atoms with Gasteiger partial charge in [0.25, 0.3) is 0 Å². The number of benzene rings is 1. The molecule has 0 radical (unpaired) electrons. The summed E-state index contributed by atoms with van der Waals surface area (Å²) in [6.07, 6.45) is 1.20. The number of likely N-dealkylation sites (tertiary alicyclic amines) is 1. The van der Waals surface area contributed by atoms with Crippen LogP contribution in [0.3, 0.4) is 0 Å². The Kier molecular flexibility index (Phi) is 3.85. The van der Waals surface area contributed by atoms with E-state index in [1.807, 2.05) is 7.05 Å². The van der Waals surface area contributed by atoms with Gasteiger partial charge in [-0.2, -0.15) is 0 Å². The Hall–Kier alpha value is -1.65. The van der Waals surface area contributed by atoms with E-state index in [-0.39, 0.29) is 0 Å². The van der Waals surface area contributed by atoms with Gasteiger partial charge in [-0.1, -0.05) is 35.0 Å². The fourth-order valence-corrected chi connectivity index (χ4v) is 2.68. The summed E-state index contributed by atoms with van der Waals surface area (Å²) in [5.41, 5.74) is 3.29. The number of hydrogen-bond donors (Lipinski definition) is 1. The van der Waals surface area contributed by atoms with Crippen molar-refractivity contribution in [2.75, 3.05) is 20.1 Å². The molecule has 1 aromatic carbocycles. The molecule has 1 saturated heterocycles. The van der Waals surface area contributed by atoms with E-state index in [2.05, 4.69) is 52.6 Å². The summed E-state index contributed by atoms with van der Waals surface area (Å²) in [5.74, 6) is 0.942. The van der Waals surface area contributed by atoms with E-state index in [4.69, 9.17) is 4.52 Å². The summed E-state index contributed by atoms with van der Waals surface area (Å²) in [4.78, 5) is 2.40. The van der Waals surface area contributed by atoms with Crippen LogP contribution in [0.15, 0.2) is 34.9 Å². The molecule has 106 valence electrons. The van der Waals surface area contributed by atoms with E-state index >= 15 is 0 Å². The highest BCUT2D eigenvalue weighted by atomic mass is 16.5. The first-order valence-electron chi connectivity index (χ1n) is 7.17. The first-order valence-corrected chi connectivity index (χ1v) is 7.17. The summed E-state index contributed by atoms with van der Waals surface area (Å²) >= 11 is 0. The zero-order valence-corrected chi connectivity index (χ0v) is 12.1. The number of nitrogens with one attached hydrogen (secondary N) is 1. The van der Waals surface area contributed by atoms with Gasteiger partial charge in [0.1, 0.15) is 5.69 Å². The van der Waals surface area contributed by atoms with Crippen LogP contribution in [0.5, 0.6) is 0 Å². The minimum atomic E-state index is 0.606. The maximum atomic E-state index is 5.47. The van der Waals surface area contributed by atoms with Crippen LogP contribution in [0.25, 0.3) is 11.3 Å². The second-order valence-electron chi connectivity index (χ2n) is 5.55. The molecule has 0 saturated carbocycles. The second kappa shape index (κ2) is 5.77. The van der Waals surface area contributed by atoms with Crippen LogP contribution in [-0.2, 0) is 6.54 Å². The van der Waals surface area contributed by atoms with Gasteiger partial charge in [0.05, 0.1) is 6.54 Å².